The van der Waals surface area contributed by atoms with Crippen LogP contribution in [0.1, 0.15) is 21.9 Å². The molecule has 1 N–H and O–H groups in total. The van der Waals surface area contributed by atoms with Crippen molar-refractivity contribution in [2.45, 2.75) is 13.8 Å². The maximum atomic E-state index is 12.5. The topological polar surface area (TPSA) is 81.2 Å². The highest BCUT2D eigenvalue weighted by molar-refractivity contribution is 6.30. The molecule has 0 aliphatic rings. The lowest BCUT2D eigenvalue weighted by Gasteiger charge is -2.04. The molecule has 0 aliphatic carbocycles. The van der Waals surface area contributed by atoms with E-state index in [9.17, 15) is 4.79 Å². The summed E-state index contributed by atoms with van der Waals surface area (Å²) in [6.07, 6.45) is 0. The fraction of sp³-hybridized carbons (Fsp3) is 0.0952. The molecule has 0 radical (unpaired) electrons. The van der Waals surface area contributed by atoms with Crippen molar-refractivity contribution < 1.29 is 13.7 Å². The third kappa shape index (κ3) is 3.68. The Kier molecular flexibility index (Phi) is 4.71. The van der Waals surface area contributed by atoms with Crippen molar-refractivity contribution in [3.8, 4) is 22.8 Å². The first-order valence-corrected chi connectivity index (χ1v) is 8.96. The van der Waals surface area contributed by atoms with Crippen molar-refractivity contribution in [2.75, 3.05) is 5.32 Å². The maximum Gasteiger partial charge on any atom is 0.277 e. The van der Waals surface area contributed by atoms with Crippen LogP contribution >= 0.6 is 11.6 Å². The Morgan fingerprint density at radius 2 is 1.82 bits per heavy atom. The number of benzene rings is 2. The molecule has 4 aromatic rings. The van der Waals surface area contributed by atoms with Crippen LogP contribution in [0.5, 0.6) is 0 Å². The number of nitrogens with one attached hydrogen (secondary N) is 1. The molecule has 0 fully saturated rings. The van der Waals surface area contributed by atoms with E-state index in [-0.39, 0.29) is 11.6 Å². The van der Waals surface area contributed by atoms with Gasteiger partial charge in [-0.1, -0.05) is 35.0 Å². The van der Waals surface area contributed by atoms with Crippen LogP contribution in [0.4, 0.5) is 5.69 Å². The second-order valence-corrected chi connectivity index (χ2v) is 6.72. The monoisotopic (exact) mass is 393 g/mol. The van der Waals surface area contributed by atoms with Gasteiger partial charge >= 0.3 is 0 Å². The number of nitrogens with zero attached hydrogens (tertiary/aromatic N) is 2. The van der Waals surface area contributed by atoms with Gasteiger partial charge in [0.05, 0.1) is 5.69 Å². The molecule has 0 aliphatic heterocycles. The number of carbonyl (C=O) groups is 1. The molecular formula is C21H16ClN3O3. The molecule has 0 atom stereocenters. The Bertz CT molecular complexity index is 1140. The highest BCUT2D eigenvalue weighted by atomic mass is 35.5. The van der Waals surface area contributed by atoms with Gasteiger partial charge in [0.2, 0.25) is 5.89 Å². The zero-order valence-corrected chi connectivity index (χ0v) is 15.9. The van der Waals surface area contributed by atoms with Crippen molar-refractivity contribution >= 4 is 23.2 Å². The first kappa shape index (κ1) is 18.0. The van der Waals surface area contributed by atoms with Gasteiger partial charge in [0, 0.05) is 27.9 Å². The molecule has 4 rings (SSSR count). The third-order valence-corrected chi connectivity index (χ3v) is 4.48. The Hall–Kier alpha value is -3.38. The molecule has 0 bridgehead atoms. The minimum absolute atomic E-state index is 0.170. The van der Waals surface area contributed by atoms with Crippen LogP contribution in [-0.2, 0) is 0 Å². The lowest BCUT2D eigenvalue weighted by atomic mass is 10.1. The van der Waals surface area contributed by atoms with Crippen molar-refractivity contribution in [1.29, 1.82) is 0 Å². The molecule has 7 heteroatoms. The predicted octanol–water partition coefficient (Wildman–Crippen LogP) is 5.52. The second kappa shape index (κ2) is 7.32. The maximum absolute atomic E-state index is 12.5. The van der Waals surface area contributed by atoms with Gasteiger partial charge in [-0.15, -0.1) is 0 Å². The normalized spacial score (nSPS) is 10.8. The summed E-state index contributed by atoms with van der Waals surface area (Å²) in [4.78, 5) is 16.9. The molecule has 0 spiro atoms. The van der Waals surface area contributed by atoms with Crippen molar-refractivity contribution in [1.82, 2.24) is 10.1 Å². The summed E-state index contributed by atoms with van der Waals surface area (Å²) in [6.45, 7) is 3.75. The number of amides is 1. The lowest BCUT2D eigenvalue weighted by molar-refractivity contribution is 0.101. The average molecular weight is 394 g/mol. The molecule has 2 heterocycles. The first-order chi connectivity index (χ1) is 13.5. The van der Waals surface area contributed by atoms with Crippen LogP contribution in [0, 0.1) is 13.8 Å². The number of halogens is 1. The number of hydrogen-bond acceptors (Lipinski definition) is 5. The number of aromatic nitrogens is 2. The second-order valence-electron chi connectivity index (χ2n) is 6.28. The molecule has 0 saturated carbocycles. The van der Waals surface area contributed by atoms with E-state index in [1.165, 1.54) is 0 Å². The van der Waals surface area contributed by atoms with Crippen molar-refractivity contribution in [2.24, 2.45) is 0 Å². The van der Waals surface area contributed by atoms with E-state index in [4.69, 9.17) is 20.5 Å². The summed E-state index contributed by atoms with van der Waals surface area (Å²) in [7, 11) is 0. The molecule has 1 amide bonds. The van der Waals surface area contributed by atoms with Gasteiger partial charge < -0.3 is 14.3 Å². The Morgan fingerprint density at radius 1 is 1.04 bits per heavy atom. The number of anilines is 1. The Morgan fingerprint density at radius 3 is 2.57 bits per heavy atom. The minimum Gasteiger partial charge on any atom is -0.441 e. The summed E-state index contributed by atoms with van der Waals surface area (Å²) < 4.78 is 10.9. The van der Waals surface area contributed by atoms with Gasteiger partial charge in [-0.3, -0.25) is 4.79 Å². The van der Waals surface area contributed by atoms with Gasteiger partial charge in [0.15, 0.2) is 11.5 Å². The molecular weight excluding hydrogens is 378 g/mol. The van der Waals surface area contributed by atoms with Crippen LogP contribution in [0.25, 0.3) is 22.8 Å². The van der Waals surface area contributed by atoms with Crippen LogP contribution in [0.3, 0.4) is 0 Å². The molecule has 140 valence electrons. The van der Waals surface area contributed by atoms with Crippen LogP contribution in [0.2, 0.25) is 5.02 Å². The van der Waals surface area contributed by atoms with E-state index in [0.29, 0.717) is 22.4 Å². The number of carbonyl (C=O) groups excluding carboxylic acids is 1. The number of hydrogen-bond donors (Lipinski definition) is 1. The quantitative estimate of drug-likeness (QED) is 0.493. The summed E-state index contributed by atoms with van der Waals surface area (Å²) in [5.41, 5.74) is 3.12. The molecule has 2 aromatic carbocycles. The molecule has 6 nitrogen and oxygen atoms in total. The van der Waals surface area contributed by atoms with E-state index in [2.05, 4.69) is 15.5 Å². The van der Waals surface area contributed by atoms with Gasteiger partial charge in [0.1, 0.15) is 5.76 Å². The average Bonchev–Trinajstić information content (AvgIpc) is 3.30. The SMILES string of the molecule is Cc1nc(-c2cccc(NC(=O)c3cc(-c4cccc(Cl)c4)on3)c2)oc1C. The highest BCUT2D eigenvalue weighted by Crippen LogP contribution is 2.26. The van der Waals surface area contributed by atoms with E-state index in [1.54, 1.807) is 36.4 Å². The van der Waals surface area contributed by atoms with E-state index >= 15 is 0 Å². The number of oxazole rings is 1. The van der Waals surface area contributed by atoms with Gasteiger partial charge in [-0.2, -0.15) is 0 Å². The standard InChI is InChI=1S/C21H16ClN3O3/c1-12-13(2)27-21(23-12)15-6-4-8-17(10-15)24-20(26)18-11-19(28-25-18)14-5-3-7-16(22)9-14/h3-11H,1-2H3,(H,24,26). The summed E-state index contributed by atoms with van der Waals surface area (Å²) in [5, 5.41) is 7.24. The van der Waals surface area contributed by atoms with Gasteiger partial charge in [-0.25, -0.2) is 4.98 Å². The van der Waals surface area contributed by atoms with Gasteiger partial charge in [-0.05, 0) is 44.2 Å². The van der Waals surface area contributed by atoms with E-state index in [1.807, 2.05) is 32.0 Å². The van der Waals surface area contributed by atoms with Crippen LogP contribution in [0.15, 0.2) is 63.5 Å². The zero-order valence-electron chi connectivity index (χ0n) is 15.2. The number of rotatable bonds is 4. The highest BCUT2D eigenvalue weighted by Gasteiger charge is 2.15. The largest absolute Gasteiger partial charge is 0.441 e. The summed E-state index contributed by atoms with van der Waals surface area (Å²) >= 11 is 5.99. The van der Waals surface area contributed by atoms with E-state index < -0.39 is 0 Å². The predicted molar refractivity (Wildman–Crippen MR) is 106 cm³/mol. The molecule has 0 unspecified atom stereocenters. The van der Waals surface area contributed by atoms with Crippen LogP contribution in [-0.4, -0.2) is 16.0 Å². The fourth-order valence-electron chi connectivity index (χ4n) is 2.68. The van der Waals surface area contributed by atoms with Crippen molar-refractivity contribution in [3.63, 3.8) is 0 Å². The zero-order chi connectivity index (χ0) is 19.7. The number of aryl methyl sites for hydroxylation is 2. The molecule has 2 aromatic heterocycles. The third-order valence-electron chi connectivity index (χ3n) is 4.25. The first-order valence-electron chi connectivity index (χ1n) is 8.58. The van der Waals surface area contributed by atoms with Crippen LogP contribution < -0.4 is 5.32 Å². The Balaban J connectivity index is 1.53. The molecule has 28 heavy (non-hydrogen) atoms. The summed E-state index contributed by atoms with van der Waals surface area (Å²) in [5.74, 6) is 1.36. The summed E-state index contributed by atoms with van der Waals surface area (Å²) in [6, 6.07) is 16.0. The van der Waals surface area contributed by atoms with Gasteiger partial charge in [0.25, 0.3) is 5.91 Å². The van der Waals surface area contributed by atoms with Crippen molar-refractivity contribution in [3.05, 3.63) is 76.8 Å². The minimum atomic E-state index is -0.381. The smallest absolute Gasteiger partial charge is 0.277 e. The fourth-order valence-corrected chi connectivity index (χ4v) is 2.87. The Labute approximate surface area is 166 Å². The lowest BCUT2D eigenvalue weighted by Crippen LogP contribution is -2.12. The molecule has 0 saturated heterocycles. The van der Waals surface area contributed by atoms with E-state index in [0.717, 1.165) is 22.6 Å².